The van der Waals surface area contributed by atoms with Crippen LogP contribution in [0.3, 0.4) is 0 Å². The largest absolute Gasteiger partial charge is 0.493 e. The highest BCUT2D eigenvalue weighted by Crippen LogP contribution is 2.36. The van der Waals surface area contributed by atoms with Crippen LogP contribution < -0.4 is 30.1 Å². The highest BCUT2D eigenvalue weighted by Gasteiger charge is 2.14. The second kappa shape index (κ2) is 13.1. The maximum Gasteiger partial charge on any atom is 0.271 e. The first-order valence-corrected chi connectivity index (χ1v) is 11.8. The third kappa shape index (κ3) is 7.47. The zero-order chi connectivity index (χ0) is 25.9. The zero-order valence-corrected chi connectivity index (χ0v) is 21.4. The number of rotatable bonds is 12. The normalized spacial score (nSPS) is 10.6. The lowest BCUT2D eigenvalue weighted by atomic mass is 10.2. The van der Waals surface area contributed by atoms with E-state index in [1.807, 2.05) is 37.3 Å². The predicted molar refractivity (Wildman–Crippen MR) is 139 cm³/mol. The molecular formula is C26H26BrN3O6. The van der Waals surface area contributed by atoms with Crippen LogP contribution in [0.1, 0.15) is 28.4 Å². The van der Waals surface area contributed by atoms with Gasteiger partial charge in [-0.05, 0) is 64.3 Å². The van der Waals surface area contributed by atoms with E-state index in [1.165, 1.54) is 13.3 Å². The van der Waals surface area contributed by atoms with E-state index in [2.05, 4.69) is 26.5 Å². The van der Waals surface area contributed by atoms with Gasteiger partial charge >= 0.3 is 0 Å². The fourth-order valence-corrected chi connectivity index (χ4v) is 3.68. The third-order valence-electron chi connectivity index (χ3n) is 4.73. The number of nitrogens with two attached hydrogens (primary N) is 1. The Morgan fingerprint density at radius 3 is 2.47 bits per heavy atom. The van der Waals surface area contributed by atoms with Crippen LogP contribution >= 0.6 is 15.9 Å². The average Bonchev–Trinajstić information content (AvgIpc) is 2.87. The Labute approximate surface area is 217 Å². The molecule has 3 aromatic rings. The summed E-state index contributed by atoms with van der Waals surface area (Å²) in [6.45, 7) is 2.28. The Hall–Kier alpha value is -4.05. The number of carbonyl (C=O) groups excluding carboxylic acids is 2. The van der Waals surface area contributed by atoms with Crippen LogP contribution in [0, 0.1) is 0 Å². The zero-order valence-electron chi connectivity index (χ0n) is 19.8. The molecule has 0 atom stereocenters. The molecule has 0 bridgehead atoms. The van der Waals surface area contributed by atoms with Crippen molar-refractivity contribution in [2.75, 3.05) is 20.3 Å². The molecule has 3 aromatic carbocycles. The minimum absolute atomic E-state index is 0.290. The van der Waals surface area contributed by atoms with E-state index in [1.54, 1.807) is 30.3 Å². The van der Waals surface area contributed by atoms with Crippen molar-refractivity contribution in [2.24, 2.45) is 10.8 Å². The van der Waals surface area contributed by atoms with Gasteiger partial charge in [-0.2, -0.15) is 5.10 Å². The number of halogens is 1. The van der Waals surface area contributed by atoms with E-state index >= 15 is 0 Å². The number of hydrogen-bond acceptors (Lipinski definition) is 7. The Balaban J connectivity index is 1.67. The number of nitrogens with one attached hydrogen (secondary N) is 1. The molecule has 0 aliphatic carbocycles. The van der Waals surface area contributed by atoms with Gasteiger partial charge in [-0.25, -0.2) is 5.43 Å². The Bertz CT molecular complexity index is 1230. The lowest BCUT2D eigenvalue weighted by molar-refractivity contribution is -0.119. The number of benzene rings is 3. The van der Waals surface area contributed by atoms with Gasteiger partial charge < -0.3 is 24.7 Å². The quantitative estimate of drug-likeness (QED) is 0.256. The number of methoxy groups -OCH3 is 1. The molecule has 0 saturated heterocycles. The van der Waals surface area contributed by atoms with Crippen molar-refractivity contribution in [3.8, 4) is 23.0 Å². The van der Waals surface area contributed by atoms with Crippen LogP contribution in [0.2, 0.25) is 0 Å². The standard InChI is InChI=1S/C26H26BrN3O6/c1-3-34-23-12-18(11-20(27)25(23)36-16-24(28)31)14-29-30-26(32)19-9-10-21(22(13-19)33-2)35-15-17-7-5-4-6-8-17/h4-14H,3,15-16H2,1-2H3,(H2,28,31)(H,30,32)/b29-14+. The SMILES string of the molecule is CCOc1cc(/C=N/NC(=O)c2ccc(OCc3ccccc3)c(OC)c2)cc(Br)c1OCC(N)=O. The molecule has 0 aliphatic rings. The topological polar surface area (TPSA) is 121 Å². The third-order valence-corrected chi connectivity index (χ3v) is 5.32. The monoisotopic (exact) mass is 555 g/mol. The summed E-state index contributed by atoms with van der Waals surface area (Å²) in [5.74, 6) is 0.665. The molecular weight excluding hydrogens is 530 g/mol. The first-order chi connectivity index (χ1) is 17.4. The summed E-state index contributed by atoms with van der Waals surface area (Å²) in [4.78, 5) is 23.7. The molecule has 36 heavy (non-hydrogen) atoms. The van der Waals surface area contributed by atoms with Gasteiger partial charge in [0.15, 0.2) is 29.6 Å². The average molecular weight is 556 g/mol. The summed E-state index contributed by atoms with van der Waals surface area (Å²) >= 11 is 3.39. The molecule has 0 fully saturated rings. The van der Waals surface area contributed by atoms with E-state index in [9.17, 15) is 9.59 Å². The van der Waals surface area contributed by atoms with Crippen molar-refractivity contribution >= 4 is 34.0 Å². The van der Waals surface area contributed by atoms with Crippen molar-refractivity contribution in [1.29, 1.82) is 0 Å². The molecule has 9 nitrogen and oxygen atoms in total. The van der Waals surface area contributed by atoms with Crippen LogP contribution in [0.4, 0.5) is 0 Å². The van der Waals surface area contributed by atoms with E-state index in [4.69, 9.17) is 24.7 Å². The molecule has 2 amide bonds. The fraction of sp³-hybridized carbons (Fsp3) is 0.192. The molecule has 0 spiro atoms. The molecule has 188 valence electrons. The van der Waals surface area contributed by atoms with Crippen LogP contribution in [0.5, 0.6) is 23.0 Å². The Kier molecular flexibility index (Phi) is 9.70. The summed E-state index contributed by atoms with van der Waals surface area (Å²) < 4.78 is 22.8. The maximum absolute atomic E-state index is 12.6. The molecule has 0 unspecified atom stereocenters. The number of carbonyl (C=O) groups is 2. The van der Waals surface area contributed by atoms with Gasteiger partial charge in [0.1, 0.15) is 6.61 Å². The summed E-state index contributed by atoms with van der Waals surface area (Å²) in [5.41, 5.74) is 9.63. The minimum Gasteiger partial charge on any atom is -0.493 e. The second-order valence-corrected chi connectivity index (χ2v) is 8.21. The number of primary amides is 1. The molecule has 0 aliphatic heterocycles. The fourth-order valence-electron chi connectivity index (χ4n) is 3.10. The van der Waals surface area contributed by atoms with Crippen LogP contribution in [-0.4, -0.2) is 38.4 Å². The minimum atomic E-state index is -0.606. The molecule has 0 saturated carbocycles. The Morgan fingerprint density at radius 1 is 1.00 bits per heavy atom. The molecule has 0 aromatic heterocycles. The van der Waals surface area contributed by atoms with Gasteiger partial charge in [0.2, 0.25) is 0 Å². The van der Waals surface area contributed by atoms with Crippen LogP contribution in [0.25, 0.3) is 0 Å². The first-order valence-electron chi connectivity index (χ1n) is 11.0. The maximum atomic E-state index is 12.6. The number of hydrazone groups is 1. The van der Waals surface area contributed by atoms with Crippen molar-refractivity contribution in [2.45, 2.75) is 13.5 Å². The number of ether oxygens (including phenoxy) is 4. The highest BCUT2D eigenvalue weighted by molar-refractivity contribution is 9.10. The first kappa shape index (κ1) is 26.6. The summed E-state index contributed by atoms with van der Waals surface area (Å²) in [6.07, 6.45) is 1.46. The number of nitrogens with zero attached hydrogens (tertiary/aromatic N) is 1. The van der Waals surface area contributed by atoms with Crippen molar-refractivity contribution in [1.82, 2.24) is 5.43 Å². The van der Waals surface area contributed by atoms with E-state index in [0.717, 1.165) is 5.56 Å². The van der Waals surface area contributed by atoms with Gasteiger partial charge in [-0.3, -0.25) is 9.59 Å². The summed E-state index contributed by atoms with van der Waals surface area (Å²) in [5, 5.41) is 4.03. The van der Waals surface area contributed by atoms with E-state index < -0.39 is 11.8 Å². The Morgan fingerprint density at radius 2 is 1.78 bits per heavy atom. The van der Waals surface area contributed by atoms with Crippen molar-refractivity contribution < 1.29 is 28.5 Å². The lowest BCUT2D eigenvalue weighted by Gasteiger charge is -2.13. The second-order valence-electron chi connectivity index (χ2n) is 7.36. The molecule has 0 radical (unpaired) electrons. The smallest absolute Gasteiger partial charge is 0.271 e. The number of hydrogen-bond donors (Lipinski definition) is 2. The van der Waals surface area contributed by atoms with E-state index in [0.29, 0.717) is 51.8 Å². The molecule has 0 heterocycles. The van der Waals surface area contributed by atoms with Gasteiger partial charge in [0, 0.05) is 5.56 Å². The van der Waals surface area contributed by atoms with Crippen molar-refractivity contribution in [3.63, 3.8) is 0 Å². The molecule has 3 N–H and O–H groups in total. The van der Waals surface area contributed by atoms with Gasteiger partial charge in [-0.15, -0.1) is 0 Å². The highest BCUT2D eigenvalue weighted by atomic mass is 79.9. The van der Waals surface area contributed by atoms with Crippen LogP contribution in [-0.2, 0) is 11.4 Å². The molecule has 10 heteroatoms. The van der Waals surface area contributed by atoms with Crippen molar-refractivity contribution in [3.05, 3.63) is 81.8 Å². The van der Waals surface area contributed by atoms with Gasteiger partial charge in [0.25, 0.3) is 11.8 Å². The number of amides is 2. The lowest BCUT2D eigenvalue weighted by Crippen LogP contribution is -2.20. The van der Waals surface area contributed by atoms with E-state index in [-0.39, 0.29) is 6.61 Å². The predicted octanol–water partition coefficient (Wildman–Crippen LogP) is 4.06. The molecule has 3 rings (SSSR count). The van der Waals surface area contributed by atoms with Gasteiger partial charge in [-0.1, -0.05) is 30.3 Å². The van der Waals surface area contributed by atoms with Gasteiger partial charge in [0.05, 0.1) is 24.4 Å². The summed E-state index contributed by atoms with van der Waals surface area (Å²) in [7, 11) is 1.51. The van der Waals surface area contributed by atoms with Crippen LogP contribution in [0.15, 0.2) is 70.2 Å². The summed E-state index contributed by atoms with van der Waals surface area (Å²) in [6, 6.07) is 18.0.